The van der Waals surface area contributed by atoms with Gasteiger partial charge in [-0.25, -0.2) is 4.79 Å². The fourth-order valence-corrected chi connectivity index (χ4v) is 5.75. The van der Waals surface area contributed by atoms with Crippen LogP contribution in [0.2, 0.25) is 0 Å². The van der Waals surface area contributed by atoms with Crippen molar-refractivity contribution in [2.45, 2.75) is 39.0 Å². The number of hydrogen-bond acceptors (Lipinski definition) is 9. The molecule has 0 radical (unpaired) electrons. The number of esters is 2. The molecule has 2 aliphatic rings. The van der Waals surface area contributed by atoms with E-state index < -0.39 is 35.6 Å². The number of rotatable bonds is 9. The van der Waals surface area contributed by atoms with Crippen molar-refractivity contribution in [1.29, 1.82) is 0 Å². The Hall–Kier alpha value is -4.14. The molecule has 0 N–H and O–H groups in total. The molecule has 4 rings (SSSR count). The van der Waals surface area contributed by atoms with Gasteiger partial charge >= 0.3 is 11.9 Å². The summed E-state index contributed by atoms with van der Waals surface area (Å²) in [4.78, 5) is 46.0. The first kappa shape index (κ1) is 28.9. The number of ether oxygens (including phenoxy) is 5. The van der Waals surface area contributed by atoms with E-state index in [1.165, 1.54) is 7.11 Å². The number of nitrogens with zero attached hydrogens (tertiary/aromatic N) is 1. The van der Waals surface area contributed by atoms with Crippen LogP contribution in [0.4, 0.5) is 0 Å². The molecule has 1 fully saturated rings. The monoisotopic (exact) mass is 549 g/mol. The van der Waals surface area contributed by atoms with Crippen molar-refractivity contribution in [3.8, 4) is 17.2 Å². The van der Waals surface area contributed by atoms with Gasteiger partial charge in [-0.3, -0.25) is 14.6 Å². The lowest BCUT2D eigenvalue weighted by atomic mass is 9.62. The summed E-state index contributed by atoms with van der Waals surface area (Å²) >= 11 is 0. The molecular weight excluding hydrogens is 514 g/mol. The molecule has 0 bridgehead atoms. The summed E-state index contributed by atoms with van der Waals surface area (Å²) in [6.07, 6.45) is 0.315. The van der Waals surface area contributed by atoms with Crippen molar-refractivity contribution in [2.24, 2.45) is 16.8 Å². The second-order valence-corrected chi connectivity index (χ2v) is 9.61. The Balaban J connectivity index is 1.93. The van der Waals surface area contributed by atoms with Crippen molar-refractivity contribution in [3.05, 3.63) is 64.9 Å². The van der Waals surface area contributed by atoms with Gasteiger partial charge in [0.1, 0.15) is 23.2 Å². The number of carbonyl (C=O) groups excluding carboxylic acids is 3. The van der Waals surface area contributed by atoms with Crippen molar-refractivity contribution >= 4 is 23.4 Å². The average molecular weight is 550 g/mol. The van der Waals surface area contributed by atoms with Crippen LogP contribution in [0.5, 0.6) is 17.2 Å². The van der Waals surface area contributed by atoms with Gasteiger partial charge in [-0.1, -0.05) is 18.2 Å². The van der Waals surface area contributed by atoms with Crippen molar-refractivity contribution in [2.75, 3.05) is 34.5 Å². The molecule has 212 valence electrons. The normalized spacial score (nSPS) is 22.1. The molecule has 0 amide bonds. The number of methoxy groups -OCH3 is 3. The number of allylic oxidation sites excluding steroid dienone is 1. The minimum absolute atomic E-state index is 0.127. The van der Waals surface area contributed by atoms with Crippen LogP contribution in [0.3, 0.4) is 0 Å². The molecule has 1 unspecified atom stereocenters. The van der Waals surface area contributed by atoms with Gasteiger partial charge in [-0.15, -0.1) is 0 Å². The zero-order valence-corrected chi connectivity index (χ0v) is 23.7. The minimum atomic E-state index is -1.11. The molecule has 1 aliphatic carbocycles. The molecule has 2 aromatic rings. The van der Waals surface area contributed by atoms with Crippen molar-refractivity contribution in [1.82, 2.24) is 0 Å². The third-order valence-electron chi connectivity index (χ3n) is 7.48. The van der Waals surface area contributed by atoms with Crippen LogP contribution in [0.25, 0.3) is 0 Å². The summed E-state index contributed by atoms with van der Waals surface area (Å²) in [5, 5.41) is 0. The van der Waals surface area contributed by atoms with E-state index >= 15 is 0 Å². The largest absolute Gasteiger partial charge is 0.497 e. The van der Waals surface area contributed by atoms with E-state index in [4.69, 9.17) is 28.7 Å². The summed E-state index contributed by atoms with van der Waals surface area (Å²) in [5.74, 6) is -3.25. The van der Waals surface area contributed by atoms with E-state index in [-0.39, 0.29) is 24.6 Å². The van der Waals surface area contributed by atoms with Crippen LogP contribution in [-0.2, 0) is 23.9 Å². The highest BCUT2D eigenvalue weighted by atomic mass is 16.5. The van der Waals surface area contributed by atoms with Gasteiger partial charge in [0.15, 0.2) is 5.78 Å². The molecule has 1 heterocycles. The van der Waals surface area contributed by atoms with Crippen LogP contribution in [-0.4, -0.2) is 58.0 Å². The van der Waals surface area contributed by atoms with Gasteiger partial charge in [-0.05, 0) is 51.0 Å². The quantitative estimate of drug-likeness (QED) is 0.329. The van der Waals surface area contributed by atoms with E-state index in [2.05, 4.69) is 0 Å². The maximum Gasteiger partial charge on any atom is 0.336 e. The number of ketones is 1. The molecule has 1 aliphatic heterocycles. The molecule has 40 heavy (non-hydrogen) atoms. The highest BCUT2D eigenvalue weighted by molar-refractivity contribution is 6.18. The van der Waals surface area contributed by atoms with Gasteiger partial charge in [0.05, 0.1) is 46.0 Å². The van der Waals surface area contributed by atoms with Gasteiger partial charge in [0.25, 0.3) is 0 Å². The first-order chi connectivity index (χ1) is 19.3. The Morgan fingerprint density at radius 3 is 2.25 bits per heavy atom. The third-order valence-corrected chi connectivity index (χ3v) is 7.48. The zero-order valence-electron chi connectivity index (χ0n) is 23.7. The van der Waals surface area contributed by atoms with Crippen molar-refractivity contribution < 1.29 is 38.1 Å². The number of benzene rings is 2. The molecule has 9 nitrogen and oxygen atoms in total. The SMILES string of the molecule is CCOC(=O)C1=C(C)N=C2C[C@@H](c3cccc(OC)c3)[C@@H](C(=O)OCC)C(=O)C2[C@@H]1c1ccc(OC)cc1OC. The lowest BCUT2D eigenvalue weighted by molar-refractivity contribution is -0.153. The van der Waals surface area contributed by atoms with Gasteiger partial charge in [0, 0.05) is 34.9 Å². The predicted octanol–water partition coefficient (Wildman–Crippen LogP) is 4.64. The number of Topliss-reactive ketones (excluding diaryl/α,β-unsaturated/α-hetero) is 1. The fraction of sp³-hybridized carbons (Fsp3) is 0.419. The standard InChI is InChI=1S/C31H35NO8/c1-7-39-30(34)25-17(3)32-23-16-22(18-10-9-11-19(14-18)36-4)27(31(35)40-8-2)29(33)28(23)26(25)21-13-12-20(37-5)15-24(21)38-6/h9-15,22,26-28H,7-8,16H2,1-6H3/t22-,26+,27+,28?/m0/s1. The third kappa shape index (κ3) is 5.33. The van der Waals surface area contributed by atoms with E-state index in [9.17, 15) is 14.4 Å². The minimum Gasteiger partial charge on any atom is -0.497 e. The Morgan fingerprint density at radius 2 is 1.60 bits per heavy atom. The van der Waals surface area contributed by atoms with E-state index in [1.807, 2.05) is 18.2 Å². The second kappa shape index (κ2) is 12.4. The van der Waals surface area contributed by atoms with E-state index in [0.29, 0.717) is 40.6 Å². The molecule has 9 heteroatoms. The molecule has 0 saturated heterocycles. The summed E-state index contributed by atoms with van der Waals surface area (Å²) in [6.45, 7) is 5.44. The average Bonchev–Trinajstić information content (AvgIpc) is 2.96. The maximum atomic E-state index is 14.5. The Kier molecular flexibility index (Phi) is 8.92. The second-order valence-electron chi connectivity index (χ2n) is 9.61. The highest BCUT2D eigenvalue weighted by Crippen LogP contribution is 2.50. The van der Waals surface area contributed by atoms with Crippen LogP contribution in [0.1, 0.15) is 50.2 Å². The van der Waals surface area contributed by atoms with Crippen molar-refractivity contribution in [3.63, 3.8) is 0 Å². The first-order valence-corrected chi connectivity index (χ1v) is 13.3. The van der Waals surface area contributed by atoms with Gasteiger partial charge < -0.3 is 23.7 Å². The van der Waals surface area contributed by atoms with Gasteiger partial charge in [0.2, 0.25) is 0 Å². The number of fused-ring (bicyclic) bond motifs is 1. The first-order valence-electron chi connectivity index (χ1n) is 13.3. The summed E-state index contributed by atoms with van der Waals surface area (Å²) in [7, 11) is 4.62. The Morgan fingerprint density at radius 1 is 0.900 bits per heavy atom. The number of aliphatic imine (C=N–C) groups is 1. The highest BCUT2D eigenvalue weighted by Gasteiger charge is 2.53. The fourth-order valence-electron chi connectivity index (χ4n) is 5.75. The number of carbonyl (C=O) groups is 3. The summed E-state index contributed by atoms with van der Waals surface area (Å²) < 4.78 is 27.3. The van der Waals surface area contributed by atoms with Crippen LogP contribution in [0, 0.1) is 11.8 Å². The van der Waals surface area contributed by atoms with E-state index in [0.717, 1.165) is 5.56 Å². The van der Waals surface area contributed by atoms with Gasteiger partial charge in [-0.2, -0.15) is 0 Å². The van der Waals surface area contributed by atoms with Crippen LogP contribution < -0.4 is 14.2 Å². The summed E-state index contributed by atoms with van der Waals surface area (Å²) in [5.41, 5.74) is 2.67. The molecule has 1 saturated carbocycles. The van der Waals surface area contributed by atoms with Crippen LogP contribution >= 0.6 is 0 Å². The molecule has 0 spiro atoms. The van der Waals surface area contributed by atoms with Crippen LogP contribution in [0.15, 0.2) is 58.7 Å². The molecular formula is C31H35NO8. The predicted molar refractivity (Wildman–Crippen MR) is 148 cm³/mol. The Bertz CT molecular complexity index is 1360. The topological polar surface area (TPSA) is 110 Å². The summed E-state index contributed by atoms with van der Waals surface area (Å²) in [6, 6.07) is 12.5. The smallest absolute Gasteiger partial charge is 0.336 e. The maximum absolute atomic E-state index is 14.5. The molecule has 4 atom stereocenters. The lowest BCUT2D eigenvalue weighted by Gasteiger charge is -2.41. The van der Waals surface area contributed by atoms with E-state index in [1.54, 1.807) is 59.3 Å². The molecule has 0 aromatic heterocycles. The lowest BCUT2D eigenvalue weighted by Crippen LogP contribution is -2.48. The molecule has 2 aromatic carbocycles. The Labute approximate surface area is 234 Å². The number of hydrogen-bond donors (Lipinski definition) is 0. The zero-order chi connectivity index (χ0) is 29.0.